The maximum absolute atomic E-state index is 12.0. The molecule has 116 valence electrons. The third kappa shape index (κ3) is 7.86. The molecule has 0 fully saturated rings. The Hall–Kier alpha value is -2.18. The number of carbonyl (C=O) groups excluding carboxylic acids is 1. The van der Waals surface area contributed by atoms with Gasteiger partial charge in [0.05, 0.1) is 0 Å². The van der Waals surface area contributed by atoms with Crippen molar-refractivity contribution in [1.82, 2.24) is 0 Å². The highest BCUT2D eigenvalue weighted by Gasteiger charge is 2.05. The molecule has 0 saturated heterocycles. The van der Waals surface area contributed by atoms with Crippen molar-refractivity contribution in [3.63, 3.8) is 0 Å². The van der Waals surface area contributed by atoms with Gasteiger partial charge in [0.25, 0.3) is 6.43 Å². The summed E-state index contributed by atoms with van der Waals surface area (Å²) in [6.45, 7) is -0.671. The van der Waals surface area contributed by atoms with Gasteiger partial charge in [-0.25, -0.2) is 8.78 Å². The van der Waals surface area contributed by atoms with Crippen LogP contribution in [0.2, 0.25) is 0 Å². The molecule has 0 radical (unpaired) electrons. The molecule has 1 amide bonds. The first-order chi connectivity index (χ1) is 9.97. The highest BCUT2D eigenvalue weighted by molar-refractivity contribution is 5.90. The van der Waals surface area contributed by atoms with E-state index in [1.54, 1.807) is 12.1 Å². The fourth-order valence-corrected chi connectivity index (χ4v) is 1.58. The lowest BCUT2D eigenvalue weighted by molar-refractivity contribution is -0.137. The van der Waals surface area contributed by atoms with Crippen LogP contribution in [-0.4, -0.2) is 30.0 Å². The second-order valence-corrected chi connectivity index (χ2v) is 4.38. The molecular formula is C14H17F2NO4. The number of alkyl halides is 2. The molecule has 0 unspecified atom stereocenters. The highest BCUT2D eigenvalue weighted by Crippen LogP contribution is 2.16. The number of benzene rings is 1. The summed E-state index contributed by atoms with van der Waals surface area (Å²) in [4.78, 5) is 21.9. The molecular weight excluding hydrogens is 284 g/mol. The summed E-state index contributed by atoms with van der Waals surface area (Å²) in [7, 11) is 0. The van der Waals surface area contributed by atoms with Crippen molar-refractivity contribution in [1.29, 1.82) is 0 Å². The number of aliphatic carboxylic acids is 1. The first-order valence-electron chi connectivity index (χ1n) is 6.50. The predicted octanol–water partition coefficient (Wildman–Crippen LogP) is 2.91. The van der Waals surface area contributed by atoms with Gasteiger partial charge < -0.3 is 15.2 Å². The van der Waals surface area contributed by atoms with Crippen LogP contribution >= 0.6 is 0 Å². The number of rotatable bonds is 9. The van der Waals surface area contributed by atoms with Crippen molar-refractivity contribution < 1.29 is 28.2 Å². The summed E-state index contributed by atoms with van der Waals surface area (Å²) in [5.41, 5.74) is 0.530. The number of halogens is 2. The summed E-state index contributed by atoms with van der Waals surface area (Å²) in [5.74, 6) is -0.800. The number of unbranched alkanes of at least 4 members (excludes halogenated alkanes) is 1. The summed E-state index contributed by atoms with van der Waals surface area (Å²) in [6.07, 6.45) is -1.31. The Labute approximate surface area is 120 Å². The summed E-state index contributed by atoms with van der Waals surface area (Å²) in [5, 5.41) is 11.1. The first kappa shape index (κ1) is 16.9. The van der Waals surface area contributed by atoms with Crippen molar-refractivity contribution in [2.45, 2.75) is 32.1 Å². The number of ether oxygens (including phenoxy) is 1. The number of anilines is 1. The Morgan fingerprint density at radius 2 is 1.76 bits per heavy atom. The van der Waals surface area contributed by atoms with Crippen LogP contribution in [-0.2, 0) is 9.59 Å². The summed E-state index contributed by atoms with van der Waals surface area (Å²) < 4.78 is 28.7. The maximum atomic E-state index is 12.0. The van der Waals surface area contributed by atoms with Crippen LogP contribution < -0.4 is 10.1 Å². The lowest BCUT2D eigenvalue weighted by Gasteiger charge is -2.08. The molecule has 0 atom stereocenters. The van der Waals surface area contributed by atoms with Gasteiger partial charge >= 0.3 is 5.97 Å². The van der Waals surface area contributed by atoms with Gasteiger partial charge in [0, 0.05) is 18.5 Å². The fraction of sp³-hybridized carbons (Fsp3) is 0.429. The van der Waals surface area contributed by atoms with E-state index in [1.165, 1.54) is 12.1 Å². The van der Waals surface area contributed by atoms with Crippen LogP contribution in [0.1, 0.15) is 25.7 Å². The Morgan fingerprint density at radius 3 is 2.33 bits per heavy atom. The maximum Gasteiger partial charge on any atom is 0.303 e. The Kier molecular flexibility index (Phi) is 7.14. The number of carbonyl (C=O) groups is 2. The zero-order chi connectivity index (χ0) is 15.7. The molecule has 0 aliphatic heterocycles. The third-order valence-corrected chi connectivity index (χ3v) is 2.56. The van der Waals surface area contributed by atoms with Crippen LogP contribution in [0.3, 0.4) is 0 Å². The molecule has 21 heavy (non-hydrogen) atoms. The van der Waals surface area contributed by atoms with Crippen LogP contribution in [0.5, 0.6) is 5.75 Å². The van der Waals surface area contributed by atoms with E-state index in [-0.39, 0.29) is 18.7 Å². The molecule has 0 bridgehead atoms. The van der Waals surface area contributed by atoms with E-state index >= 15 is 0 Å². The topological polar surface area (TPSA) is 75.6 Å². The molecule has 0 heterocycles. The lowest BCUT2D eigenvalue weighted by Crippen LogP contribution is -2.11. The second kappa shape index (κ2) is 8.89. The van der Waals surface area contributed by atoms with E-state index in [0.29, 0.717) is 24.3 Å². The monoisotopic (exact) mass is 301 g/mol. The quantitative estimate of drug-likeness (QED) is 0.688. The molecule has 0 aliphatic rings. The predicted molar refractivity (Wildman–Crippen MR) is 72.7 cm³/mol. The normalized spacial score (nSPS) is 10.4. The molecule has 2 N–H and O–H groups in total. The summed E-state index contributed by atoms with van der Waals surface area (Å²) >= 11 is 0. The largest absolute Gasteiger partial charge is 0.488 e. The minimum atomic E-state index is -2.53. The molecule has 0 aromatic heterocycles. The van der Waals surface area contributed by atoms with Crippen molar-refractivity contribution in [2.75, 3.05) is 11.9 Å². The second-order valence-electron chi connectivity index (χ2n) is 4.38. The van der Waals surface area contributed by atoms with Gasteiger partial charge in [0.2, 0.25) is 5.91 Å². The van der Waals surface area contributed by atoms with E-state index in [0.717, 1.165) is 0 Å². The van der Waals surface area contributed by atoms with Crippen LogP contribution in [0.4, 0.5) is 14.5 Å². The number of carboxylic acid groups (broad SMARTS) is 1. The summed E-state index contributed by atoms with van der Waals surface area (Å²) in [6, 6.07) is 6.08. The minimum absolute atomic E-state index is 0.0451. The average molecular weight is 301 g/mol. The van der Waals surface area contributed by atoms with Gasteiger partial charge in [0.15, 0.2) is 0 Å². The van der Waals surface area contributed by atoms with Crippen LogP contribution in [0.15, 0.2) is 24.3 Å². The van der Waals surface area contributed by atoms with Crippen molar-refractivity contribution >= 4 is 17.6 Å². The fourth-order valence-electron chi connectivity index (χ4n) is 1.58. The molecule has 7 heteroatoms. The zero-order valence-electron chi connectivity index (χ0n) is 11.4. The zero-order valence-corrected chi connectivity index (χ0v) is 11.4. The Bertz CT molecular complexity index is 463. The third-order valence-electron chi connectivity index (χ3n) is 2.56. The smallest absolute Gasteiger partial charge is 0.303 e. The Balaban J connectivity index is 2.30. The van der Waals surface area contributed by atoms with Gasteiger partial charge in [-0.3, -0.25) is 9.59 Å². The number of nitrogens with one attached hydrogen (secondary N) is 1. The SMILES string of the molecule is O=C(O)CCCCC(=O)Nc1ccc(OCC(F)F)cc1. The lowest BCUT2D eigenvalue weighted by atomic mass is 10.2. The van der Waals surface area contributed by atoms with E-state index in [1.807, 2.05) is 0 Å². The number of carboxylic acids is 1. The van der Waals surface area contributed by atoms with E-state index in [2.05, 4.69) is 5.32 Å². The molecule has 0 spiro atoms. The van der Waals surface area contributed by atoms with Crippen LogP contribution in [0, 0.1) is 0 Å². The Morgan fingerprint density at radius 1 is 1.14 bits per heavy atom. The number of hydrogen-bond donors (Lipinski definition) is 2. The van der Waals surface area contributed by atoms with Gasteiger partial charge in [-0.1, -0.05) is 0 Å². The standard InChI is InChI=1S/C14H17F2NO4/c15-12(16)9-21-11-7-5-10(6-8-11)17-13(18)3-1-2-4-14(19)20/h5-8,12H,1-4,9H2,(H,17,18)(H,19,20). The van der Waals surface area contributed by atoms with E-state index in [9.17, 15) is 18.4 Å². The van der Waals surface area contributed by atoms with E-state index in [4.69, 9.17) is 9.84 Å². The number of hydrogen-bond acceptors (Lipinski definition) is 3. The van der Waals surface area contributed by atoms with Crippen molar-refractivity contribution in [2.24, 2.45) is 0 Å². The van der Waals surface area contributed by atoms with Gasteiger partial charge in [-0.2, -0.15) is 0 Å². The van der Waals surface area contributed by atoms with E-state index < -0.39 is 19.0 Å². The molecule has 1 aromatic rings. The number of amides is 1. The molecule has 5 nitrogen and oxygen atoms in total. The molecule has 0 saturated carbocycles. The van der Waals surface area contributed by atoms with Crippen molar-refractivity contribution in [3.8, 4) is 5.75 Å². The van der Waals surface area contributed by atoms with Gasteiger partial charge in [-0.15, -0.1) is 0 Å². The van der Waals surface area contributed by atoms with Crippen molar-refractivity contribution in [3.05, 3.63) is 24.3 Å². The first-order valence-corrected chi connectivity index (χ1v) is 6.50. The van der Waals surface area contributed by atoms with Gasteiger partial charge in [-0.05, 0) is 37.1 Å². The highest BCUT2D eigenvalue weighted by atomic mass is 19.3. The molecule has 0 aliphatic carbocycles. The minimum Gasteiger partial charge on any atom is -0.488 e. The molecule has 1 rings (SSSR count). The molecule has 1 aromatic carbocycles. The average Bonchev–Trinajstić information content (AvgIpc) is 2.42. The van der Waals surface area contributed by atoms with Crippen LogP contribution in [0.25, 0.3) is 0 Å². The van der Waals surface area contributed by atoms with Gasteiger partial charge in [0.1, 0.15) is 12.4 Å².